The third-order valence-electron chi connectivity index (χ3n) is 5.03. The number of halogens is 3. The molecule has 0 aliphatic carbocycles. The largest absolute Gasteiger partial charge is 0.312 e. The van der Waals surface area contributed by atoms with E-state index in [1.807, 2.05) is 0 Å². The topological polar surface area (TPSA) is 57.7 Å². The van der Waals surface area contributed by atoms with Crippen molar-refractivity contribution in [2.45, 2.75) is 24.7 Å². The highest BCUT2D eigenvalue weighted by Crippen LogP contribution is 2.28. The molecule has 29 heavy (non-hydrogen) atoms. The highest BCUT2D eigenvalue weighted by atomic mass is 32.2. The van der Waals surface area contributed by atoms with Crippen LogP contribution in [0.4, 0.5) is 18.9 Å². The van der Waals surface area contributed by atoms with E-state index in [2.05, 4.69) is 0 Å². The third-order valence-corrected chi connectivity index (χ3v) is 6.95. The van der Waals surface area contributed by atoms with Crippen LogP contribution in [0.25, 0.3) is 0 Å². The first-order valence-corrected chi connectivity index (χ1v) is 10.7. The zero-order chi connectivity index (χ0) is 21.2. The van der Waals surface area contributed by atoms with Gasteiger partial charge >= 0.3 is 0 Å². The van der Waals surface area contributed by atoms with Gasteiger partial charge in [0.25, 0.3) is 0 Å². The van der Waals surface area contributed by atoms with Gasteiger partial charge in [-0.25, -0.2) is 21.6 Å². The van der Waals surface area contributed by atoms with Crippen molar-refractivity contribution in [3.63, 3.8) is 0 Å². The summed E-state index contributed by atoms with van der Waals surface area (Å²) in [6.45, 7) is 2.23. The Morgan fingerprint density at radius 3 is 2.21 bits per heavy atom. The van der Waals surface area contributed by atoms with Crippen LogP contribution in [-0.2, 0) is 14.8 Å². The van der Waals surface area contributed by atoms with Crippen LogP contribution in [-0.4, -0.2) is 38.3 Å². The number of nitrogens with zero attached hydrogens (tertiary/aromatic N) is 2. The Morgan fingerprint density at radius 1 is 1.03 bits per heavy atom. The van der Waals surface area contributed by atoms with Gasteiger partial charge in [0, 0.05) is 31.2 Å². The van der Waals surface area contributed by atoms with Crippen LogP contribution < -0.4 is 4.90 Å². The van der Waals surface area contributed by atoms with Gasteiger partial charge in [-0.2, -0.15) is 4.31 Å². The predicted molar refractivity (Wildman–Crippen MR) is 102 cm³/mol. The standard InChI is InChI=1S/C20H21F3N2O3S/c1-2-25(17-6-3-15(21)4-7-17)20(26)14-9-11-24(12-10-14)29(27,28)19-13-16(22)5-8-18(19)23/h3-8,13-14H,2,9-12H2,1H3. The summed E-state index contributed by atoms with van der Waals surface area (Å²) >= 11 is 0. The van der Waals surface area contributed by atoms with E-state index in [1.165, 1.54) is 29.2 Å². The lowest BCUT2D eigenvalue weighted by Gasteiger charge is -2.33. The summed E-state index contributed by atoms with van der Waals surface area (Å²) in [5, 5.41) is 0. The van der Waals surface area contributed by atoms with E-state index in [-0.39, 0.29) is 31.8 Å². The second-order valence-electron chi connectivity index (χ2n) is 6.81. The van der Waals surface area contributed by atoms with Gasteiger partial charge in [0.1, 0.15) is 22.3 Å². The van der Waals surface area contributed by atoms with E-state index in [4.69, 9.17) is 0 Å². The molecule has 0 saturated carbocycles. The number of carbonyl (C=O) groups excluding carboxylic acids is 1. The second kappa shape index (κ2) is 8.54. The summed E-state index contributed by atoms with van der Waals surface area (Å²) in [6, 6.07) is 7.87. The minimum Gasteiger partial charge on any atom is -0.312 e. The molecule has 1 saturated heterocycles. The maximum atomic E-state index is 13.9. The molecule has 0 spiro atoms. The number of rotatable bonds is 5. The van der Waals surface area contributed by atoms with E-state index in [9.17, 15) is 26.4 Å². The second-order valence-corrected chi connectivity index (χ2v) is 8.72. The maximum absolute atomic E-state index is 13.9. The van der Waals surface area contributed by atoms with Crippen LogP contribution in [0, 0.1) is 23.4 Å². The molecule has 0 N–H and O–H groups in total. The number of hydrogen-bond donors (Lipinski definition) is 0. The van der Waals surface area contributed by atoms with Gasteiger partial charge in [-0.15, -0.1) is 0 Å². The maximum Gasteiger partial charge on any atom is 0.246 e. The highest BCUT2D eigenvalue weighted by Gasteiger charge is 2.35. The van der Waals surface area contributed by atoms with Gasteiger partial charge in [0.05, 0.1) is 0 Å². The lowest BCUT2D eigenvalue weighted by molar-refractivity contribution is -0.123. The Morgan fingerprint density at radius 2 is 1.62 bits per heavy atom. The number of anilines is 1. The molecule has 0 bridgehead atoms. The molecule has 1 fully saturated rings. The van der Waals surface area contributed by atoms with E-state index in [0.29, 0.717) is 18.3 Å². The summed E-state index contributed by atoms with van der Waals surface area (Å²) in [5.41, 5.74) is 0.566. The summed E-state index contributed by atoms with van der Waals surface area (Å²) in [4.78, 5) is 13.7. The molecule has 0 radical (unpaired) electrons. The Bertz CT molecular complexity index is 989. The molecule has 9 heteroatoms. The van der Waals surface area contributed by atoms with Gasteiger partial charge in [-0.05, 0) is 62.2 Å². The first-order valence-electron chi connectivity index (χ1n) is 9.26. The van der Waals surface area contributed by atoms with Crippen LogP contribution in [0.1, 0.15) is 19.8 Å². The van der Waals surface area contributed by atoms with Gasteiger partial charge in [-0.3, -0.25) is 4.79 Å². The van der Waals surface area contributed by atoms with Gasteiger partial charge < -0.3 is 4.90 Å². The van der Waals surface area contributed by atoms with Crippen LogP contribution in [0.5, 0.6) is 0 Å². The number of amides is 1. The smallest absolute Gasteiger partial charge is 0.246 e. The zero-order valence-electron chi connectivity index (χ0n) is 15.8. The molecule has 156 valence electrons. The number of piperidine rings is 1. The molecular weight excluding hydrogens is 405 g/mol. The summed E-state index contributed by atoms with van der Waals surface area (Å²) in [6.07, 6.45) is 0.513. The molecule has 1 heterocycles. The lowest BCUT2D eigenvalue weighted by Crippen LogP contribution is -2.44. The van der Waals surface area contributed by atoms with E-state index in [1.54, 1.807) is 6.92 Å². The molecule has 5 nitrogen and oxygen atoms in total. The van der Waals surface area contributed by atoms with Crippen LogP contribution >= 0.6 is 0 Å². The lowest BCUT2D eigenvalue weighted by atomic mass is 9.96. The molecule has 2 aromatic carbocycles. The average Bonchev–Trinajstić information content (AvgIpc) is 2.71. The molecule has 0 atom stereocenters. The first kappa shape index (κ1) is 21.3. The van der Waals surface area contributed by atoms with Crippen LogP contribution in [0.2, 0.25) is 0 Å². The molecule has 0 aromatic heterocycles. The van der Waals surface area contributed by atoms with Crippen molar-refractivity contribution < 1.29 is 26.4 Å². The van der Waals surface area contributed by atoms with E-state index < -0.39 is 38.3 Å². The van der Waals surface area contributed by atoms with Gasteiger partial charge in [0.2, 0.25) is 15.9 Å². The minimum absolute atomic E-state index is 0.0235. The zero-order valence-corrected chi connectivity index (χ0v) is 16.6. The Kier molecular flexibility index (Phi) is 6.28. The van der Waals surface area contributed by atoms with E-state index in [0.717, 1.165) is 16.4 Å². The molecule has 1 amide bonds. The highest BCUT2D eigenvalue weighted by molar-refractivity contribution is 7.89. The summed E-state index contributed by atoms with van der Waals surface area (Å²) in [7, 11) is -4.20. The quantitative estimate of drug-likeness (QED) is 0.735. The van der Waals surface area contributed by atoms with Crippen molar-refractivity contribution in [2.24, 2.45) is 5.92 Å². The fourth-order valence-electron chi connectivity index (χ4n) is 3.46. The van der Waals surface area contributed by atoms with Crippen molar-refractivity contribution in [3.8, 4) is 0 Å². The molecule has 1 aliphatic rings. The van der Waals surface area contributed by atoms with Crippen molar-refractivity contribution >= 4 is 21.6 Å². The fourth-order valence-corrected chi connectivity index (χ4v) is 5.01. The van der Waals surface area contributed by atoms with Crippen LogP contribution in [0.3, 0.4) is 0 Å². The van der Waals surface area contributed by atoms with Gasteiger partial charge in [-0.1, -0.05) is 0 Å². The van der Waals surface area contributed by atoms with E-state index >= 15 is 0 Å². The summed E-state index contributed by atoms with van der Waals surface area (Å²) < 4.78 is 66.9. The Labute approximate surface area is 167 Å². The number of benzene rings is 2. The number of carbonyl (C=O) groups is 1. The molecular formula is C20H21F3N2O3S. The monoisotopic (exact) mass is 426 g/mol. The van der Waals surface area contributed by atoms with Crippen molar-refractivity contribution in [1.29, 1.82) is 0 Å². The SMILES string of the molecule is CCN(C(=O)C1CCN(S(=O)(=O)c2cc(F)ccc2F)CC1)c1ccc(F)cc1. The normalized spacial score (nSPS) is 16.0. The average molecular weight is 426 g/mol. The van der Waals surface area contributed by atoms with Gasteiger partial charge in [0.15, 0.2) is 0 Å². The first-order chi connectivity index (χ1) is 13.7. The Hall–Kier alpha value is -2.39. The summed E-state index contributed by atoms with van der Waals surface area (Å²) in [5.74, 6) is -2.84. The fraction of sp³-hybridized carbons (Fsp3) is 0.350. The molecule has 2 aromatic rings. The van der Waals surface area contributed by atoms with Crippen LogP contribution in [0.15, 0.2) is 47.4 Å². The molecule has 3 rings (SSSR count). The number of sulfonamides is 1. The van der Waals surface area contributed by atoms with Crippen molar-refractivity contribution in [2.75, 3.05) is 24.5 Å². The minimum atomic E-state index is -4.20. The molecule has 1 aliphatic heterocycles. The molecule has 0 unspecified atom stereocenters. The Balaban J connectivity index is 1.71. The van der Waals surface area contributed by atoms with Crippen molar-refractivity contribution in [1.82, 2.24) is 4.31 Å². The third kappa shape index (κ3) is 4.45. The predicted octanol–water partition coefficient (Wildman–Crippen LogP) is 3.56. The number of hydrogen-bond acceptors (Lipinski definition) is 3. The van der Waals surface area contributed by atoms with Crippen molar-refractivity contribution in [3.05, 3.63) is 59.9 Å².